The van der Waals surface area contributed by atoms with Crippen LogP contribution in [-0.2, 0) is 6.54 Å². The average molecular weight is 213 g/mol. The highest BCUT2D eigenvalue weighted by molar-refractivity contribution is 7.07. The minimum atomic E-state index is 0.304. The molecule has 3 N–H and O–H groups in total. The first-order chi connectivity index (χ1) is 6.70. The van der Waals surface area contributed by atoms with Gasteiger partial charge >= 0.3 is 0 Å². The Labute approximate surface area is 89.7 Å². The van der Waals surface area contributed by atoms with Gasteiger partial charge in [-0.2, -0.15) is 0 Å². The Bertz CT molecular complexity index is 234. The van der Waals surface area contributed by atoms with Crippen molar-refractivity contribution in [3.05, 3.63) is 16.6 Å². The highest BCUT2D eigenvalue weighted by atomic mass is 32.1. The lowest BCUT2D eigenvalue weighted by Gasteiger charge is -2.15. The topological polar surface area (TPSA) is 50.9 Å². The summed E-state index contributed by atoms with van der Waals surface area (Å²) in [6.45, 7) is 6.14. The van der Waals surface area contributed by atoms with Crippen molar-refractivity contribution in [1.82, 2.24) is 10.3 Å². The van der Waals surface area contributed by atoms with Crippen LogP contribution in [0.2, 0.25) is 0 Å². The zero-order chi connectivity index (χ0) is 10.4. The Morgan fingerprint density at radius 2 is 2.36 bits per heavy atom. The monoisotopic (exact) mass is 213 g/mol. The van der Waals surface area contributed by atoms with Gasteiger partial charge in [-0.1, -0.05) is 13.8 Å². The van der Waals surface area contributed by atoms with Crippen molar-refractivity contribution in [2.24, 2.45) is 11.7 Å². The van der Waals surface area contributed by atoms with Crippen LogP contribution >= 0.6 is 11.3 Å². The molecule has 0 amide bonds. The predicted molar refractivity (Wildman–Crippen MR) is 61.3 cm³/mol. The highest BCUT2D eigenvalue weighted by Gasteiger charge is 2.06. The van der Waals surface area contributed by atoms with E-state index in [4.69, 9.17) is 5.73 Å². The lowest BCUT2D eigenvalue weighted by molar-refractivity contribution is 0.449. The van der Waals surface area contributed by atoms with Crippen LogP contribution in [0.25, 0.3) is 0 Å². The number of nitrogens with zero attached hydrogens (tertiary/aromatic N) is 1. The van der Waals surface area contributed by atoms with E-state index in [1.807, 2.05) is 5.51 Å². The van der Waals surface area contributed by atoms with E-state index in [1.54, 1.807) is 11.3 Å². The van der Waals surface area contributed by atoms with Crippen molar-refractivity contribution in [3.8, 4) is 0 Å². The van der Waals surface area contributed by atoms with Crippen LogP contribution in [0.15, 0.2) is 10.9 Å². The second-order valence-electron chi connectivity index (χ2n) is 3.85. The summed E-state index contributed by atoms with van der Waals surface area (Å²) >= 11 is 1.63. The molecule has 0 aliphatic carbocycles. The van der Waals surface area contributed by atoms with Gasteiger partial charge in [-0.3, -0.25) is 0 Å². The van der Waals surface area contributed by atoms with Gasteiger partial charge in [0.25, 0.3) is 0 Å². The largest absolute Gasteiger partial charge is 0.327 e. The first-order valence-electron chi connectivity index (χ1n) is 5.03. The Morgan fingerprint density at radius 1 is 1.57 bits per heavy atom. The zero-order valence-corrected chi connectivity index (χ0v) is 9.68. The number of hydrogen-bond acceptors (Lipinski definition) is 4. The quantitative estimate of drug-likeness (QED) is 0.706. The highest BCUT2D eigenvalue weighted by Crippen LogP contribution is 2.02. The van der Waals surface area contributed by atoms with Crippen molar-refractivity contribution in [2.45, 2.75) is 32.9 Å². The fourth-order valence-corrected chi connectivity index (χ4v) is 1.70. The summed E-state index contributed by atoms with van der Waals surface area (Å²) in [5, 5.41) is 5.40. The molecule has 0 aromatic carbocycles. The van der Waals surface area contributed by atoms with Crippen LogP contribution in [0.5, 0.6) is 0 Å². The van der Waals surface area contributed by atoms with Gasteiger partial charge in [-0.25, -0.2) is 4.98 Å². The fraction of sp³-hybridized carbons (Fsp3) is 0.700. The molecule has 0 saturated heterocycles. The maximum absolute atomic E-state index is 5.92. The molecular weight excluding hydrogens is 194 g/mol. The molecule has 1 rings (SSSR count). The lowest BCUT2D eigenvalue weighted by atomic mass is 10.0. The summed E-state index contributed by atoms with van der Waals surface area (Å²) in [5.74, 6) is 0.566. The van der Waals surface area contributed by atoms with Gasteiger partial charge in [0.2, 0.25) is 0 Å². The van der Waals surface area contributed by atoms with Crippen LogP contribution in [0, 0.1) is 5.92 Å². The maximum Gasteiger partial charge on any atom is 0.0795 e. The third-order valence-electron chi connectivity index (χ3n) is 2.30. The Hall–Kier alpha value is -0.450. The van der Waals surface area contributed by atoms with Crippen LogP contribution < -0.4 is 11.1 Å². The van der Waals surface area contributed by atoms with Crippen LogP contribution in [0.1, 0.15) is 26.0 Å². The van der Waals surface area contributed by atoms with E-state index < -0.39 is 0 Å². The lowest BCUT2D eigenvalue weighted by Crippen LogP contribution is -2.30. The molecule has 0 aliphatic rings. The second-order valence-corrected chi connectivity index (χ2v) is 4.57. The van der Waals surface area contributed by atoms with Crippen molar-refractivity contribution in [1.29, 1.82) is 0 Å². The molecule has 1 unspecified atom stereocenters. The van der Waals surface area contributed by atoms with E-state index in [0.29, 0.717) is 12.0 Å². The number of hydrogen-bond donors (Lipinski definition) is 2. The molecular formula is C10H19N3S. The summed E-state index contributed by atoms with van der Waals surface area (Å²) in [7, 11) is 0. The number of rotatable bonds is 6. The van der Waals surface area contributed by atoms with Gasteiger partial charge in [-0.05, 0) is 18.9 Å². The smallest absolute Gasteiger partial charge is 0.0795 e. The molecule has 0 radical (unpaired) electrons. The van der Waals surface area contributed by atoms with Gasteiger partial charge in [0.1, 0.15) is 0 Å². The second kappa shape index (κ2) is 6.11. The SMILES string of the molecule is CC(C)C(N)CCNCc1cscn1. The van der Waals surface area contributed by atoms with E-state index in [2.05, 4.69) is 29.5 Å². The molecule has 3 nitrogen and oxygen atoms in total. The van der Waals surface area contributed by atoms with Gasteiger partial charge in [-0.15, -0.1) is 11.3 Å². The minimum absolute atomic E-state index is 0.304. The average Bonchev–Trinajstić information content (AvgIpc) is 2.64. The molecule has 1 aromatic rings. The molecule has 1 heterocycles. The van der Waals surface area contributed by atoms with Gasteiger partial charge < -0.3 is 11.1 Å². The van der Waals surface area contributed by atoms with E-state index in [1.165, 1.54) is 0 Å². The Kier molecular flexibility index (Phi) is 5.07. The van der Waals surface area contributed by atoms with E-state index in [0.717, 1.165) is 25.2 Å². The molecule has 0 saturated carbocycles. The van der Waals surface area contributed by atoms with Crippen molar-refractivity contribution in [3.63, 3.8) is 0 Å². The zero-order valence-electron chi connectivity index (χ0n) is 8.86. The fourth-order valence-electron chi connectivity index (χ4n) is 1.14. The van der Waals surface area contributed by atoms with Crippen LogP contribution in [0.3, 0.4) is 0 Å². The molecule has 0 aliphatic heterocycles. The van der Waals surface area contributed by atoms with E-state index in [-0.39, 0.29) is 0 Å². The molecule has 0 spiro atoms. The molecule has 0 fully saturated rings. The van der Waals surface area contributed by atoms with Gasteiger partial charge in [0, 0.05) is 18.0 Å². The molecule has 14 heavy (non-hydrogen) atoms. The molecule has 4 heteroatoms. The molecule has 1 aromatic heterocycles. The summed E-state index contributed by atoms with van der Waals surface area (Å²) in [6, 6.07) is 0.304. The summed E-state index contributed by atoms with van der Waals surface area (Å²) in [5.41, 5.74) is 8.90. The standard InChI is InChI=1S/C10H19N3S/c1-8(2)10(11)3-4-12-5-9-6-14-7-13-9/h6-8,10,12H,3-5,11H2,1-2H3. The normalized spacial score (nSPS) is 13.4. The van der Waals surface area contributed by atoms with E-state index >= 15 is 0 Å². The number of thiazole rings is 1. The maximum atomic E-state index is 5.92. The first-order valence-corrected chi connectivity index (χ1v) is 5.97. The first kappa shape index (κ1) is 11.6. The third kappa shape index (κ3) is 4.17. The number of nitrogens with two attached hydrogens (primary N) is 1. The summed E-state index contributed by atoms with van der Waals surface area (Å²) in [6.07, 6.45) is 1.03. The summed E-state index contributed by atoms with van der Waals surface area (Å²) < 4.78 is 0. The van der Waals surface area contributed by atoms with Gasteiger partial charge in [0.05, 0.1) is 11.2 Å². The van der Waals surface area contributed by atoms with E-state index in [9.17, 15) is 0 Å². The Morgan fingerprint density at radius 3 is 2.93 bits per heavy atom. The molecule has 0 bridgehead atoms. The molecule has 1 atom stereocenters. The van der Waals surface area contributed by atoms with Crippen molar-refractivity contribution >= 4 is 11.3 Å². The van der Waals surface area contributed by atoms with Crippen molar-refractivity contribution < 1.29 is 0 Å². The van der Waals surface area contributed by atoms with Crippen molar-refractivity contribution in [2.75, 3.05) is 6.54 Å². The van der Waals surface area contributed by atoms with Crippen LogP contribution in [-0.4, -0.2) is 17.6 Å². The molecule has 80 valence electrons. The van der Waals surface area contributed by atoms with Gasteiger partial charge in [0.15, 0.2) is 0 Å². The number of aromatic nitrogens is 1. The van der Waals surface area contributed by atoms with Crippen LogP contribution in [0.4, 0.5) is 0 Å². The summed E-state index contributed by atoms with van der Waals surface area (Å²) in [4.78, 5) is 4.19. The third-order valence-corrected chi connectivity index (χ3v) is 2.94. The number of nitrogens with one attached hydrogen (secondary N) is 1. The minimum Gasteiger partial charge on any atom is -0.327 e. The Balaban J connectivity index is 2.05. The predicted octanol–water partition coefficient (Wildman–Crippen LogP) is 1.61.